The summed E-state index contributed by atoms with van der Waals surface area (Å²) in [6.45, 7) is 5.49. The summed E-state index contributed by atoms with van der Waals surface area (Å²) in [4.78, 5) is 20.5. The molecule has 1 atom stereocenters. The van der Waals surface area contributed by atoms with Crippen LogP contribution < -0.4 is 4.90 Å². The third-order valence-electron chi connectivity index (χ3n) is 4.48. The Labute approximate surface area is 168 Å². The Morgan fingerprint density at radius 1 is 1.35 bits per heavy atom. The maximum absolute atomic E-state index is 13.2. The number of anilines is 1. The number of hydrogen-bond acceptors (Lipinski definition) is 5. The molecule has 3 heterocycles. The standard InChI is InChI=1S/C19H19BrN2O2S2/c1-11-8-12(2)17-14(9-11)21-19(26-17)22(10-13-4-3-7-24-13)18(23)15-5-6-16(20)25-15/h5-6,8-9,13H,3-4,7,10H2,1-2H3. The van der Waals surface area contributed by atoms with Gasteiger partial charge in [-0.3, -0.25) is 9.69 Å². The number of fused-ring (bicyclic) bond motifs is 1. The molecule has 3 aromatic rings. The van der Waals surface area contributed by atoms with Gasteiger partial charge in [-0.2, -0.15) is 0 Å². The topological polar surface area (TPSA) is 42.4 Å². The fourth-order valence-corrected chi connectivity index (χ4v) is 5.64. The van der Waals surface area contributed by atoms with Crippen LogP contribution in [0.1, 0.15) is 33.6 Å². The van der Waals surface area contributed by atoms with E-state index in [4.69, 9.17) is 9.72 Å². The molecule has 0 aliphatic carbocycles. The molecule has 7 heteroatoms. The lowest BCUT2D eigenvalue weighted by atomic mass is 10.1. The number of halogens is 1. The molecule has 1 saturated heterocycles. The summed E-state index contributed by atoms with van der Waals surface area (Å²) in [5.74, 6) is -0.00960. The molecule has 0 N–H and O–H groups in total. The van der Waals surface area contributed by atoms with Crippen molar-refractivity contribution in [2.24, 2.45) is 0 Å². The number of aromatic nitrogens is 1. The number of amides is 1. The van der Waals surface area contributed by atoms with E-state index in [1.54, 1.807) is 16.2 Å². The first-order chi connectivity index (χ1) is 12.5. The number of hydrogen-bond donors (Lipinski definition) is 0. The molecule has 1 amide bonds. The van der Waals surface area contributed by atoms with Crippen LogP contribution in [0.2, 0.25) is 0 Å². The number of rotatable bonds is 4. The van der Waals surface area contributed by atoms with Gasteiger partial charge < -0.3 is 4.74 Å². The summed E-state index contributed by atoms with van der Waals surface area (Å²) in [6.07, 6.45) is 2.12. The summed E-state index contributed by atoms with van der Waals surface area (Å²) in [7, 11) is 0. The average Bonchev–Trinajstić information content (AvgIpc) is 3.32. The van der Waals surface area contributed by atoms with Crippen molar-refractivity contribution in [2.45, 2.75) is 32.8 Å². The predicted molar refractivity (Wildman–Crippen MR) is 112 cm³/mol. The molecule has 0 bridgehead atoms. The van der Waals surface area contributed by atoms with Gasteiger partial charge in [0.05, 0.1) is 31.5 Å². The minimum Gasteiger partial charge on any atom is -0.376 e. The largest absolute Gasteiger partial charge is 0.376 e. The van der Waals surface area contributed by atoms with Crippen LogP contribution in [-0.2, 0) is 4.74 Å². The number of benzene rings is 1. The first-order valence-electron chi connectivity index (χ1n) is 8.58. The SMILES string of the molecule is Cc1cc(C)c2sc(N(CC3CCCO3)C(=O)c3ccc(Br)s3)nc2c1. The Morgan fingerprint density at radius 3 is 2.88 bits per heavy atom. The highest BCUT2D eigenvalue weighted by Gasteiger charge is 2.28. The third-order valence-corrected chi connectivity index (χ3v) is 7.32. The van der Waals surface area contributed by atoms with Gasteiger partial charge in [-0.15, -0.1) is 11.3 Å². The molecule has 1 aromatic carbocycles. The molecule has 26 heavy (non-hydrogen) atoms. The third kappa shape index (κ3) is 3.58. The van der Waals surface area contributed by atoms with Crippen molar-refractivity contribution >= 4 is 59.9 Å². The summed E-state index contributed by atoms with van der Waals surface area (Å²) in [5.41, 5.74) is 3.35. The van der Waals surface area contributed by atoms with E-state index in [2.05, 4.69) is 41.9 Å². The van der Waals surface area contributed by atoms with Crippen LogP contribution >= 0.6 is 38.6 Å². The first kappa shape index (κ1) is 18.1. The molecule has 1 aliphatic heterocycles. The first-order valence-corrected chi connectivity index (χ1v) is 11.0. The Balaban J connectivity index is 1.74. The van der Waals surface area contributed by atoms with Gasteiger partial charge in [0.1, 0.15) is 0 Å². The highest BCUT2D eigenvalue weighted by Crippen LogP contribution is 2.34. The number of aryl methyl sites for hydroxylation is 2. The van der Waals surface area contributed by atoms with Gasteiger partial charge in [0.25, 0.3) is 5.91 Å². The minimum absolute atomic E-state index is 0.00960. The lowest BCUT2D eigenvalue weighted by Gasteiger charge is -2.22. The van der Waals surface area contributed by atoms with Gasteiger partial charge in [-0.1, -0.05) is 17.4 Å². The van der Waals surface area contributed by atoms with Crippen molar-refractivity contribution in [3.63, 3.8) is 0 Å². The van der Waals surface area contributed by atoms with Crippen molar-refractivity contribution in [3.8, 4) is 0 Å². The molecular formula is C19H19BrN2O2S2. The van der Waals surface area contributed by atoms with Crippen LogP contribution in [-0.4, -0.2) is 30.1 Å². The fourth-order valence-electron chi connectivity index (χ4n) is 3.28. The molecule has 0 spiro atoms. The second kappa shape index (κ2) is 7.38. The monoisotopic (exact) mass is 450 g/mol. The maximum atomic E-state index is 13.2. The Kier molecular flexibility index (Phi) is 5.14. The number of carbonyl (C=O) groups excluding carboxylic acids is 1. The number of thiophene rings is 1. The number of ether oxygens (including phenoxy) is 1. The van der Waals surface area contributed by atoms with E-state index in [1.165, 1.54) is 22.5 Å². The second-order valence-electron chi connectivity index (χ2n) is 6.58. The maximum Gasteiger partial charge on any atom is 0.270 e. The van der Waals surface area contributed by atoms with Crippen molar-refractivity contribution in [1.82, 2.24) is 4.98 Å². The molecule has 136 valence electrons. The lowest BCUT2D eigenvalue weighted by molar-refractivity contribution is 0.0920. The van der Waals surface area contributed by atoms with Gasteiger partial charge in [-0.05, 0) is 71.9 Å². The smallest absolute Gasteiger partial charge is 0.270 e. The van der Waals surface area contributed by atoms with Crippen LogP contribution in [0.4, 0.5) is 5.13 Å². The van der Waals surface area contributed by atoms with Crippen LogP contribution in [0.25, 0.3) is 10.2 Å². The van der Waals surface area contributed by atoms with Crippen LogP contribution in [0.15, 0.2) is 28.1 Å². The molecule has 4 nitrogen and oxygen atoms in total. The van der Waals surface area contributed by atoms with Crippen molar-refractivity contribution in [2.75, 3.05) is 18.1 Å². The molecule has 2 aromatic heterocycles. The summed E-state index contributed by atoms with van der Waals surface area (Å²) in [5, 5.41) is 0.749. The van der Waals surface area contributed by atoms with Crippen molar-refractivity contribution in [1.29, 1.82) is 0 Å². The van der Waals surface area contributed by atoms with Crippen LogP contribution in [0.5, 0.6) is 0 Å². The van der Waals surface area contributed by atoms with E-state index in [-0.39, 0.29) is 12.0 Å². The molecule has 1 fully saturated rings. The van der Waals surface area contributed by atoms with E-state index in [0.29, 0.717) is 11.4 Å². The van der Waals surface area contributed by atoms with E-state index in [9.17, 15) is 4.79 Å². The van der Waals surface area contributed by atoms with Crippen LogP contribution in [0, 0.1) is 13.8 Å². The Morgan fingerprint density at radius 2 is 2.19 bits per heavy atom. The van der Waals surface area contributed by atoms with Crippen molar-refractivity contribution in [3.05, 3.63) is 44.1 Å². The molecule has 0 saturated carbocycles. The molecule has 1 unspecified atom stereocenters. The lowest BCUT2D eigenvalue weighted by Crippen LogP contribution is -2.37. The highest BCUT2D eigenvalue weighted by molar-refractivity contribution is 9.11. The zero-order valence-corrected chi connectivity index (χ0v) is 17.8. The zero-order valence-electron chi connectivity index (χ0n) is 14.6. The highest BCUT2D eigenvalue weighted by atomic mass is 79.9. The average molecular weight is 451 g/mol. The van der Waals surface area contributed by atoms with E-state index < -0.39 is 0 Å². The Bertz CT molecular complexity index is 960. The number of thiazole rings is 1. The summed E-state index contributed by atoms with van der Waals surface area (Å²) in [6, 6.07) is 8.02. The van der Waals surface area contributed by atoms with Crippen molar-refractivity contribution < 1.29 is 9.53 Å². The molecular weight excluding hydrogens is 432 g/mol. The number of nitrogens with zero attached hydrogens (tertiary/aromatic N) is 2. The van der Waals surface area contributed by atoms with Gasteiger partial charge in [-0.25, -0.2) is 4.98 Å². The quantitative estimate of drug-likeness (QED) is 0.522. The van der Waals surface area contributed by atoms with Gasteiger partial charge in [0.15, 0.2) is 5.13 Å². The summed E-state index contributed by atoms with van der Waals surface area (Å²) >= 11 is 6.49. The molecule has 4 rings (SSSR count). The molecule has 0 radical (unpaired) electrons. The summed E-state index contributed by atoms with van der Waals surface area (Å²) < 4.78 is 7.88. The second-order valence-corrected chi connectivity index (χ2v) is 10.0. The molecule has 1 aliphatic rings. The van der Waals surface area contributed by atoms with E-state index >= 15 is 0 Å². The van der Waals surface area contributed by atoms with Gasteiger partial charge in [0, 0.05) is 6.61 Å². The van der Waals surface area contributed by atoms with E-state index in [1.807, 2.05) is 12.1 Å². The number of carbonyl (C=O) groups is 1. The predicted octanol–water partition coefficient (Wildman–Crippen LogP) is 5.56. The normalized spacial score (nSPS) is 17.1. The Hall–Kier alpha value is -1.28. The van der Waals surface area contributed by atoms with Gasteiger partial charge >= 0.3 is 0 Å². The van der Waals surface area contributed by atoms with Crippen LogP contribution in [0.3, 0.4) is 0 Å². The zero-order chi connectivity index (χ0) is 18.3. The van der Waals surface area contributed by atoms with Gasteiger partial charge in [0.2, 0.25) is 0 Å². The van der Waals surface area contributed by atoms with E-state index in [0.717, 1.165) is 38.6 Å². The fraction of sp³-hybridized carbons (Fsp3) is 0.368. The minimum atomic E-state index is -0.00960.